The average molecular weight is 110 g/mol. The van der Waals surface area contributed by atoms with Crippen molar-refractivity contribution in [2.45, 2.75) is 27.2 Å². The molecule has 2 fully saturated rings. The van der Waals surface area contributed by atoms with Crippen molar-refractivity contribution in [1.29, 1.82) is 0 Å². The summed E-state index contributed by atoms with van der Waals surface area (Å²) < 4.78 is 0. The van der Waals surface area contributed by atoms with Gasteiger partial charge in [0, 0.05) is 0 Å². The molecule has 2 aliphatic rings. The molecule has 0 aliphatic heterocycles. The van der Waals surface area contributed by atoms with Crippen molar-refractivity contribution in [3.05, 3.63) is 0 Å². The first kappa shape index (κ1) is 4.84. The zero-order chi connectivity index (χ0) is 5.94. The minimum absolute atomic E-state index is 0.726. The van der Waals surface area contributed by atoms with Crippen LogP contribution in [-0.2, 0) is 0 Å². The molecule has 3 atom stereocenters. The Bertz CT molecular complexity index is 120. The van der Waals surface area contributed by atoms with Crippen LogP contribution in [-0.4, -0.2) is 0 Å². The molecule has 0 aromatic carbocycles. The Hall–Kier alpha value is 0. The highest BCUT2D eigenvalue weighted by Crippen LogP contribution is 2.70. The summed E-state index contributed by atoms with van der Waals surface area (Å²) in [5, 5.41) is 0. The van der Waals surface area contributed by atoms with Gasteiger partial charge in [0.25, 0.3) is 0 Å². The Morgan fingerprint density at radius 2 is 2.00 bits per heavy atom. The summed E-state index contributed by atoms with van der Waals surface area (Å²) in [6.45, 7) is 7.19. The molecular weight excluding hydrogens is 96.1 g/mol. The van der Waals surface area contributed by atoms with Gasteiger partial charge in [-0.1, -0.05) is 20.8 Å². The molecule has 0 amide bonds. The highest BCUT2D eigenvalue weighted by atomic mass is 14.7. The van der Waals surface area contributed by atoms with Crippen molar-refractivity contribution < 1.29 is 0 Å². The minimum atomic E-state index is 0.726. The fraction of sp³-hybridized carbons (Fsp3) is 1.00. The Morgan fingerprint density at radius 1 is 1.38 bits per heavy atom. The maximum absolute atomic E-state index is 2.40. The van der Waals surface area contributed by atoms with E-state index in [-0.39, 0.29) is 0 Å². The van der Waals surface area contributed by atoms with Crippen LogP contribution < -0.4 is 0 Å². The lowest BCUT2D eigenvalue weighted by atomic mass is 9.72. The number of fused-ring (bicyclic) bond motifs is 1. The maximum Gasteiger partial charge on any atom is -0.0303 e. The molecule has 2 saturated carbocycles. The van der Waals surface area contributed by atoms with Crippen molar-refractivity contribution in [2.24, 2.45) is 23.2 Å². The first-order valence-corrected chi connectivity index (χ1v) is 3.63. The monoisotopic (exact) mass is 110 g/mol. The zero-order valence-electron chi connectivity index (χ0n) is 5.94. The number of hydrogen-bond donors (Lipinski definition) is 0. The Labute approximate surface area is 51.3 Å². The van der Waals surface area contributed by atoms with Crippen LogP contribution in [0.3, 0.4) is 0 Å². The molecular formula is C8H14. The van der Waals surface area contributed by atoms with Gasteiger partial charge in [-0.2, -0.15) is 0 Å². The van der Waals surface area contributed by atoms with Crippen LogP contribution in [0.5, 0.6) is 0 Å². The normalized spacial score (nSPS) is 56.6. The summed E-state index contributed by atoms with van der Waals surface area (Å²) in [5.41, 5.74) is 0.726. The molecule has 0 radical (unpaired) electrons. The highest BCUT2D eigenvalue weighted by Gasteiger charge is 2.64. The van der Waals surface area contributed by atoms with Crippen LogP contribution in [0.2, 0.25) is 0 Å². The van der Waals surface area contributed by atoms with Crippen molar-refractivity contribution >= 4 is 0 Å². The summed E-state index contributed by atoms with van der Waals surface area (Å²) in [7, 11) is 0. The van der Waals surface area contributed by atoms with Gasteiger partial charge in [-0.05, 0) is 29.6 Å². The third-order valence-electron chi connectivity index (χ3n) is 3.23. The van der Waals surface area contributed by atoms with Crippen LogP contribution in [0.25, 0.3) is 0 Å². The van der Waals surface area contributed by atoms with E-state index >= 15 is 0 Å². The molecule has 8 heavy (non-hydrogen) atoms. The lowest BCUT2D eigenvalue weighted by molar-refractivity contribution is 0.165. The van der Waals surface area contributed by atoms with Gasteiger partial charge >= 0.3 is 0 Å². The first-order valence-electron chi connectivity index (χ1n) is 3.63. The second-order valence-electron chi connectivity index (χ2n) is 4.24. The number of hydrogen-bond acceptors (Lipinski definition) is 0. The standard InChI is InChI=1S/C8H14/c1-5-6-4-8(2,3)7(5)6/h5-7H,4H2,1-3H3. The summed E-state index contributed by atoms with van der Waals surface area (Å²) in [5.74, 6) is 3.33. The van der Waals surface area contributed by atoms with Gasteiger partial charge < -0.3 is 0 Å². The van der Waals surface area contributed by atoms with Gasteiger partial charge in [0.2, 0.25) is 0 Å². The van der Waals surface area contributed by atoms with E-state index in [1.165, 1.54) is 6.42 Å². The fourth-order valence-electron chi connectivity index (χ4n) is 2.73. The minimum Gasteiger partial charge on any atom is -0.0619 e. The van der Waals surface area contributed by atoms with Gasteiger partial charge in [0.1, 0.15) is 0 Å². The van der Waals surface area contributed by atoms with Crippen molar-refractivity contribution in [1.82, 2.24) is 0 Å². The molecule has 0 aromatic rings. The molecule has 2 aliphatic carbocycles. The summed E-state index contributed by atoms with van der Waals surface area (Å²) in [6.07, 6.45) is 1.50. The van der Waals surface area contributed by atoms with Crippen LogP contribution in [0, 0.1) is 23.2 Å². The Morgan fingerprint density at radius 3 is 2.00 bits per heavy atom. The largest absolute Gasteiger partial charge is 0.0619 e. The zero-order valence-corrected chi connectivity index (χ0v) is 5.94. The third kappa shape index (κ3) is 0.340. The summed E-state index contributed by atoms with van der Waals surface area (Å²) in [4.78, 5) is 0. The molecule has 0 bridgehead atoms. The van der Waals surface area contributed by atoms with Crippen molar-refractivity contribution in [3.8, 4) is 0 Å². The lowest BCUT2D eigenvalue weighted by Gasteiger charge is -2.33. The van der Waals surface area contributed by atoms with Crippen LogP contribution in [0.1, 0.15) is 27.2 Å². The molecule has 2 rings (SSSR count). The maximum atomic E-state index is 2.40. The van der Waals surface area contributed by atoms with Gasteiger partial charge in [0.05, 0.1) is 0 Å². The molecule has 0 heterocycles. The van der Waals surface area contributed by atoms with Crippen molar-refractivity contribution in [3.63, 3.8) is 0 Å². The van der Waals surface area contributed by atoms with Gasteiger partial charge in [0.15, 0.2) is 0 Å². The SMILES string of the molecule is CC1C2CC(C)(C)C12. The molecule has 0 nitrogen and oxygen atoms in total. The van der Waals surface area contributed by atoms with Crippen LogP contribution in [0.15, 0.2) is 0 Å². The Balaban J connectivity index is 2.12. The predicted octanol–water partition coefficient (Wildman–Crippen LogP) is 2.30. The van der Waals surface area contributed by atoms with E-state index in [9.17, 15) is 0 Å². The van der Waals surface area contributed by atoms with Gasteiger partial charge in [-0.25, -0.2) is 0 Å². The molecule has 0 aromatic heterocycles. The lowest BCUT2D eigenvalue weighted by Crippen LogP contribution is -2.25. The Kier molecular flexibility index (Phi) is 0.595. The van der Waals surface area contributed by atoms with E-state index in [1.54, 1.807) is 0 Å². The summed E-state index contributed by atoms with van der Waals surface area (Å²) >= 11 is 0. The number of rotatable bonds is 0. The second-order valence-corrected chi connectivity index (χ2v) is 4.24. The molecule has 0 spiro atoms. The van der Waals surface area contributed by atoms with Gasteiger partial charge in [-0.15, -0.1) is 0 Å². The molecule has 3 unspecified atom stereocenters. The highest BCUT2D eigenvalue weighted by molar-refractivity contribution is 5.12. The van der Waals surface area contributed by atoms with E-state index in [0.717, 1.165) is 23.2 Å². The van der Waals surface area contributed by atoms with E-state index in [4.69, 9.17) is 0 Å². The van der Waals surface area contributed by atoms with Crippen LogP contribution in [0.4, 0.5) is 0 Å². The third-order valence-corrected chi connectivity index (χ3v) is 3.23. The predicted molar refractivity (Wildman–Crippen MR) is 34.5 cm³/mol. The second kappa shape index (κ2) is 0.984. The quantitative estimate of drug-likeness (QED) is 0.449. The topological polar surface area (TPSA) is 0 Å². The molecule has 0 heteroatoms. The van der Waals surface area contributed by atoms with Crippen LogP contribution >= 0.6 is 0 Å². The molecule has 46 valence electrons. The van der Waals surface area contributed by atoms with E-state index in [1.807, 2.05) is 0 Å². The van der Waals surface area contributed by atoms with E-state index in [2.05, 4.69) is 20.8 Å². The molecule has 0 saturated heterocycles. The smallest absolute Gasteiger partial charge is 0.0303 e. The molecule has 0 N–H and O–H groups in total. The summed E-state index contributed by atoms with van der Waals surface area (Å²) in [6, 6.07) is 0. The van der Waals surface area contributed by atoms with E-state index < -0.39 is 0 Å². The first-order chi connectivity index (χ1) is 3.63. The fourth-order valence-corrected chi connectivity index (χ4v) is 2.73. The average Bonchev–Trinajstić information content (AvgIpc) is 2.09. The van der Waals surface area contributed by atoms with E-state index in [0.29, 0.717) is 0 Å². The van der Waals surface area contributed by atoms with Crippen molar-refractivity contribution in [2.75, 3.05) is 0 Å². The van der Waals surface area contributed by atoms with Gasteiger partial charge in [-0.3, -0.25) is 0 Å².